The van der Waals surface area contributed by atoms with Gasteiger partial charge in [0, 0.05) is 19.5 Å². The van der Waals surface area contributed by atoms with Crippen molar-refractivity contribution in [1.29, 1.82) is 0 Å². The quantitative estimate of drug-likeness (QED) is 0.595. The van der Waals surface area contributed by atoms with Crippen molar-refractivity contribution in [3.8, 4) is 0 Å². The molecule has 0 radical (unpaired) electrons. The highest BCUT2D eigenvalue weighted by atomic mass is 32.2. The standard InChI is InChI=1S/C8H18O3S/c1-4-11-6-5-8(2)7-12(3,9)10/h8H,4-7H2,1-3H3. The summed E-state index contributed by atoms with van der Waals surface area (Å²) in [6.07, 6.45) is 2.09. The Labute approximate surface area is 75.0 Å². The fraction of sp³-hybridized carbons (Fsp3) is 1.00. The molecular weight excluding hydrogens is 176 g/mol. The molecule has 74 valence electrons. The van der Waals surface area contributed by atoms with Crippen LogP contribution < -0.4 is 0 Å². The Hall–Kier alpha value is -0.0900. The van der Waals surface area contributed by atoms with Gasteiger partial charge in [-0.3, -0.25) is 0 Å². The minimum absolute atomic E-state index is 0.201. The van der Waals surface area contributed by atoms with Gasteiger partial charge < -0.3 is 4.74 Å². The van der Waals surface area contributed by atoms with Gasteiger partial charge in [0.25, 0.3) is 0 Å². The van der Waals surface area contributed by atoms with Gasteiger partial charge >= 0.3 is 0 Å². The first kappa shape index (κ1) is 11.9. The Kier molecular flexibility index (Phi) is 5.50. The van der Waals surface area contributed by atoms with E-state index in [1.807, 2.05) is 13.8 Å². The van der Waals surface area contributed by atoms with E-state index in [9.17, 15) is 8.42 Å². The highest BCUT2D eigenvalue weighted by Gasteiger charge is 2.09. The molecule has 12 heavy (non-hydrogen) atoms. The highest BCUT2D eigenvalue weighted by Crippen LogP contribution is 2.04. The molecule has 0 heterocycles. The molecule has 0 aliphatic carbocycles. The van der Waals surface area contributed by atoms with Crippen LogP contribution in [0.5, 0.6) is 0 Å². The van der Waals surface area contributed by atoms with Crippen LogP contribution in [0.2, 0.25) is 0 Å². The lowest BCUT2D eigenvalue weighted by Crippen LogP contribution is -2.13. The molecule has 0 fully saturated rings. The van der Waals surface area contributed by atoms with Crippen molar-refractivity contribution < 1.29 is 13.2 Å². The van der Waals surface area contributed by atoms with E-state index in [4.69, 9.17) is 4.74 Å². The third kappa shape index (κ3) is 8.01. The van der Waals surface area contributed by atoms with Gasteiger partial charge in [0.05, 0.1) is 5.75 Å². The molecule has 0 N–H and O–H groups in total. The first-order chi connectivity index (χ1) is 5.45. The van der Waals surface area contributed by atoms with E-state index in [-0.39, 0.29) is 11.7 Å². The van der Waals surface area contributed by atoms with Crippen LogP contribution in [0.15, 0.2) is 0 Å². The van der Waals surface area contributed by atoms with Crippen LogP contribution in [0.4, 0.5) is 0 Å². The maximum absolute atomic E-state index is 10.8. The lowest BCUT2D eigenvalue weighted by Gasteiger charge is -2.08. The summed E-state index contributed by atoms with van der Waals surface area (Å²) in [4.78, 5) is 0. The molecule has 0 saturated heterocycles. The van der Waals surface area contributed by atoms with Gasteiger partial charge in [0.2, 0.25) is 0 Å². The molecule has 0 aromatic carbocycles. The number of rotatable bonds is 6. The summed E-state index contributed by atoms with van der Waals surface area (Å²) >= 11 is 0. The molecule has 0 saturated carbocycles. The van der Waals surface area contributed by atoms with Gasteiger partial charge in [-0.15, -0.1) is 0 Å². The van der Waals surface area contributed by atoms with Crippen LogP contribution in [0.3, 0.4) is 0 Å². The highest BCUT2D eigenvalue weighted by molar-refractivity contribution is 7.90. The average Bonchev–Trinajstić information content (AvgIpc) is 1.84. The normalized spacial score (nSPS) is 14.6. The molecule has 1 unspecified atom stereocenters. The molecule has 0 aliphatic heterocycles. The molecule has 0 spiro atoms. The summed E-state index contributed by atoms with van der Waals surface area (Å²) in [5.74, 6) is 0.464. The van der Waals surface area contributed by atoms with Gasteiger partial charge in [-0.25, -0.2) is 8.42 Å². The van der Waals surface area contributed by atoms with E-state index >= 15 is 0 Å². The van der Waals surface area contributed by atoms with Crippen LogP contribution >= 0.6 is 0 Å². The van der Waals surface area contributed by atoms with E-state index < -0.39 is 9.84 Å². The molecule has 0 bridgehead atoms. The summed E-state index contributed by atoms with van der Waals surface area (Å²) in [5.41, 5.74) is 0. The summed E-state index contributed by atoms with van der Waals surface area (Å²) in [7, 11) is -2.82. The number of ether oxygens (including phenoxy) is 1. The monoisotopic (exact) mass is 194 g/mol. The van der Waals surface area contributed by atoms with Crippen molar-refractivity contribution in [3.63, 3.8) is 0 Å². The maximum atomic E-state index is 10.8. The summed E-state index contributed by atoms with van der Waals surface area (Å²) in [6, 6.07) is 0. The molecule has 4 heteroatoms. The Balaban J connectivity index is 3.53. The Morgan fingerprint density at radius 1 is 1.42 bits per heavy atom. The molecule has 0 aromatic rings. The van der Waals surface area contributed by atoms with Gasteiger partial charge in [-0.1, -0.05) is 6.92 Å². The van der Waals surface area contributed by atoms with Crippen LogP contribution in [0.1, 0.15) is 20.3 Å². The zero-order valence-electron chi connectivity index (χ0n) is 8.04. The smallest absolute Gasteiger partial charge is 0.147 e. The van der Waals surface area contributed by atoms with Crippen LogP contribution in [-0.4, -0.2) is 33.6 Å². The minimum atomic E-state index is -2.82. The molecule has 0 aromatic heterocycles. The molecule has 1 atom stereocenters. The van der Waals surface area contributed by atoms with Crippen molar-refractivity contribution >= 4 is 9.84 Å². The van der Waals surface area contributed by atoms with Crippen molar-refractivity contribution in [2.24, 2.45) is 5.92 Å². The van der Waals surface area contributed by atoms with Gasteiger partial charge in [0.15, 0.2) is 0 Å². The molecular formula is C8H18O3S. The second-order valence-corrected chi connectivity index (χ2v) is 5.37. The van der Waals surface area contributed by atoms with E-state index in [1.54, 1.807) is 0 Å². The maximum Gasteiger partial charge on any atom is 0.147 e. The Morgan fingerprint density at radius 2 is 2.00 bits per heavy atom. The summed E-state index contributed by atoms with van der Waals surface area (Å²) < 4.78 is 26.8. The van der Waals surface area contributed by atoms with E-state index in [0.29, 0.717) is 13.2 Å². The SMILES string of the molecule is CCOCCC(C)CS(C)(=O)=O. The summed E-state index contributed by atoms with van der Waals surface area (Å²) in [5, 5.41) is 0. The van der Waals surface area contributed by atoms with Gasteiger partial charge in [-0.2, -0.15) is 0 Å². The first-order valence-corrected chi connectivity index (χ1v) is 6.27. The number of sulfone groups is 1. The molecule has 0 rings (SSSR count). The lowest BCUT2D eigenvalue weighted by molar-refractivity contribution is 0.136. The largest absolute Gasteiger partial charge is 0.382 e. The molecule has 0 amide bonds. The third-order valence-electron chi connectivity index (χ3n) is 1.55. The second kappa shape index (κ2) is 5.54. The zero-order valence-corrected chi connectivity index (χ0v) is 8.86. The van der Waals surface area contributed by atoms with Crippen molar-refractivity contribution in [1.82, 2.24) is 0 Å². The minimum Gasteiger partial charge on any atom is -0.382 e. The van der Waals surface area contributed by atoms with Crippen molar-refractivity contribution in [3.05, 3.63) is 0 Å². The topological polar surface area (TPSA) is 43.4 Å². The Bertz CT molecular complexity index is 196. The fourth-order valence-corrected chi connectivity index (χ4v) is 2.23. The average molecular weight is 194 g/mol. The first-order valence-electron chi connectivity index (χ1n) is 4.21. The van der Waals surface area contributed by atoms with Crippen LogP contribution in [-0.2, 0) is 14.6 Å². The van der Waals surface area contributed by atoms with Crippen molar-refractivity contribution in [2.45, 2.75) is 20.3 Å². The molecule has 0 aliphatic rings. The predicted molar refractivity (Wildman–Crippen MR) is 50.0 cm³/mol. The number of hydrogen-bond donors (Lipinski definition) is 0. The van der Waals surface area contributed by atoms with Crippen LogP contribution in [0, 0.1) is 5.92 Å². The Morgan fingerprint density at radius 3 is 2.42 bits per heavy atom. The number of hydrogen-bond acceptors (Lipinski definition) is 3. The van der Waals surface area contributed by atoms with E-state index in [1.165, 1.54) is 6.26 Å². The van der Waals surface area contributed by atoms with E-state index in [0.717, 1.165) is 6.42 Å². The second-order valence-electron chi connectivity index (χ2n) is 3.18. The van der Waals surface area contributed by atoms with Gasteiger partial charge in [-0.05, 0) is 19.3 Å². The lowest BCUT2D eigenvalue weighted by atomic mass is 10.1. The van der Waals surface area contributed by atoms with Gasteiger partial charge in [0.1, 0.15) is 9.84 Å². The predicted octanol–water partition coefficient (Wildman–Crippen LogP) is 1.09. The van der Waals surface area contributed by atoms with Crippen LogP contribution in [0.25, 0.3) is 0 Å². The zero-order chi connectivity index (χ0) is 9.61. The van der Waals surface area contributed by atoms with E-state index in [2.05, 4.69) is 0 Å². The fourth-order valence-electron chi connectivity index (χ4n) is 1.03. The summed E-state index contributed by atoms with van der Waals surface area (Å²) in [6.45, 7) is 5.22. The third-order valence-corrected chi connectivity index (χ3v) is 2.72. The van der Waals surface area contributed by atoms with Crippen molar-refractivity contribution in [2.75, 3.05) is 25.2 Å². The molecule has 3 nitrogen and oxygen atoms in total.